The van der Waals surface area contributed by atoms with Gasteiger partial charge in [0, 0.05) is 10.0 Å². The maximum Gasteiger partial charge on any atom is 0.325 e. The largest absolute Gasteiger partial charge is 0.468 e. The van der Waals surface area contributed by atoms with E-state index in [-0.39, 0.29) is 12.5 Å². The van der Waals surface area contributed by atoms with Gasteiger partial charge in [0.1, 0.15) is 6.54 Å². The van der Waals surface area contributed by atoms with Crippen LogP contribution in [-0.4, -0.2) is 25.5 Å². The number of methoxy groups -OCH3 is 1. The second kappa shape index (κ2) is 5.65. The zero-order valence-electron chi connectivity index (χ0n) is 9.04. The molecule has 0 bridgehead atoms. The number of carbonyl (C=O) groups is 2. The van der Waals surface area contributed by atoms with Gasteiger partial charge in [-0.15, -0.1) is 0 Å². The fourth-order valence-corrected chi connectivity index (χ4v) is 1.52. The highest BCUT2D eigenvalue weighted by Crippen LogP contribution is 2.15. The highest BCUT2D eigenvalue weighted by molar-refractivity contribution is 9.10. The van der Waals surface area contributed by atoms with Crippen molar-refractivity contribution in [3.63, 3.8) is 0 Å². The number of aryl methyl sites for hydroxylation is 1. The van der Waals surface area contributed by atoms with E-state index in [1.54, 1.807) is 6.07 Å². The molecule has 0 atom stereocenters. The van der Waals surface area contributed by atoms with Crippen LogP contribution >= 0.6 is 15.9 Å². The SMILES string of the molecule is COC(=O)CNC(=O)c1cc(Br)ccc1C. The Bertz CT molecular complexity index is 418. The first kappa shape index (κ1) is 12.7. The molecular formula is C11H12BrNO3. The second-order valence-corrected chi connectivity index (χ2v) is 4.13. The number of benzene rings is 1. The Morgan fingerprint density at radius 1 is 1.44 bits per heavy atom. The van der Waals surface area contributed by atoms with Gasteiger partial charge in [0.2, 0.25) is 0 Å². The standard InChI is InChI=1S/C11H12BrNO3/c1-7-3-4-8(12)5-9(7)11(15)13-6-10(14)16-2/h3-5H,6H2,1-2H3,(H,13,15). The van der Waals surface area contributed by atoms with E-state index in [1.807, 2.05) is 19.1 Å². The molecule has 4 nitrogen and oxygen atoms in total. The van der Waals surface area contributed by atoms with Gasteiger partial charge in [0.25, 0.3) is 5.91 Å². The number of hydrogen-bond donors (Lipinski definition) is 1. The monoisotopic (exact) mass is 285 g/mol. The molecule has 0 radical (unpaired) electrons. The average molecular weight is 286 g/mol. The number of nitrogens with one attached hydrogen (secondary N) is 1. The van der Waals surface area contributed by atoms with Crippen molar-refractivity contribution in [2.75, 3.05) is 13.7 Å². The summed E-state index contributed by atoms with van der Waals surface area (Å²) in [5.74, 6) is -0.759. The van der Waals surface area contributed by atoms with E-state index in [1.165, 1.54) is 7.11 Å². The molecule has 1 aromatic rings. The number of hydrogen-bond acceptors (Lipinski definition) is 3. The predicted octanol–water partition coefficient (Wildman–Crippen LogP) is 1.66. The van der Waals surface area contributed by atoms with Gasteiger partial charge in [-0.25, -0.2) is 0 Å². The van der Waals surface area contributed by atoms with Gasteiger partial charge in [-0.2, -0.15) is 0 Å². The molecule has 1 rings (SSSR count). The first-order chi connectivity index (χ1) is 7.54. The molecule has 0 spiro atoms. The lowest BCUT2D eigenvalue weighted by atomic mass is 10.1. The lowest BCUT2D eigenvalue weighted by molar-refractivity contribution is -0.139. The highest BCUT2D eigenvalue weighted by atomic mass is 79.9. The van der Waals surface area contributed by atoms with Crippen molar-refractivity contribution < 1.29 is 14.3 Å². The van der Waals surface area contributed by atoms with Gasteiger partial charge in [0.05, 0.1) is 7.11 Å². The Morgan fingerprint density at radius 2 is 2.12 bits per heavy atom. The van der Waals surface area contributed by atoms with E-state index < -0.39 is 5.97 Å². The van der Waals surface area contributed by atoms with Crippen molar-refractivity contribution in [1.82, 2.24) is 5.32 Å². The summed E-state index contributed by atoms with van der Waals surface area (Å²) in [4.78, 5) is 22.6. The lowest BCUT2D eigenvalue weighted by Gasteiger charge is -2.07. The summed E-state index contributed by atoms with van der Waals surface area (Å²) in [6.45, 7) is 1.71. The molecule has 0 aromatic heterocycles. The highest BCUT2D eigenvalue weighted by Gasteiger charge is 2.10. The van der Waals surface area contributed by atoms with Crippen molar-refractivity contribution in [1.29, 1.82) is 0 Å². The number of amides is 1. The Morgan fingerprint density at radius 3 is 2.75 bits per heavy atom. The van der Waals surface area contributed by atoms with Crippen LogP contribution in [0.2, 0.25) is 0 Å². The first-order valence-electron chi connectivity index (χ1n) is 4.65. The zero-order chi connectivity index (χ0) is 12.1. The Hall–Kier alpha value is -1.36. The van der Waals surface area contributed by atoms with Crippen molar-refractivity contribution >= 4 is 27.8 Å². The molecule has 0 heterocycles. The molecule has 16 heavy (non-hydrogen) atoms. The molecule has 1 amide bonds. The first-order valence-corrected chi connectivity index (χ1v) is 5.45. The molecule has 1 N–H and O–H groups in total. The Balaban J connectivity index is 2.73. The number of halogens is 1. The van der Waals surface area contributed by atoms with Crippen LogP contribution in [0.15, 0.2) is 22.7 Å². The van der Waals surface area contributed by atoms with E-state index in [0.717, 1.165) is 10.0 Å². The third kappa shape index (κ3) is 3.34. The number of rotatable bonds is 3. The summed E-state index contributed by atoms with van der Waals surface area (Å²) in [6.07, 6.45) is 0. The molecule has 0 fully saturated rings. The number of esters is 1. The molecule has 0 aliphatic rings. The summed E-state index contributed by atoms with van der Waals surface area (Å²) in [6, 6.07) is 5.39. The fraction of sp³-hybridized carbons (Fsp3) is 0.273. The Kier molecular flexibility index (Phi) is 4.49. The zero-order valence-corrected chi connectivity index (χ0v) is 10.6. The second-order valence-electron chi connectivity index (χ2n) is 3.22. The minimum Gasteiger partial charge on any atom is -0.468 e. The van der Waals surface area contributed by atoms with Gasteiger partial charge in [-0.05, 0) is 24.6 Å². The molecule has 1 aromatic carbocycles. The molecule has 0 unspecified atom stereocenters. The quantitative estimate of drug-likeness (QED) is 0.860. The minimum absolute atomic E-state index is 0.124. The van der Waals surface area contributed by atoms with Gasteiger partial charge in [-0.1, -0.05) is 22.0 Å². The van der Waals surface area contributed by atoms with Crippen LogP contribution in [0.25, 0.3) is 0 Å². The van der Waals surface area contributed by atoms with Crippen LogP contribution in [-0.2, 0) is 9.53 Å². The molecule has 0 saturated heterocycles. The topological polar surface area (TPSA) is 55.4 Å². The third-order valence-electron chi connectivity index (χ3n) is 2.07. The molecular weight excluding hydrogens is 274 g/mol. The van der Waals surface area contributed by atoms with Crippen molar-refractivity contribution in [2.45, 2.75) is 6.92 Å². The summed E-state index contributed by atoms with van der Waals surface area (Å²) < 4.78 is 5.25. The maximum absolute atomic E-state index is 11.7. The van der Waals surface area contributed by atoms with Crippen LogP contribution in [0.3, 0.4) is 0 Å². The van der Waals surface area contributed by atoms with Gasteiger partial charge >= 0.3 is 5.97 Å². The van der Waals surface area contributed by atoms with Gasteiger partial charge in [0.15, 0.2) is 0 Å². The summed E-state index contributed by atoms with van der Waals surface area (Å²) >= 11 is 3.29. The van der Waals surface area contributed by atoms with Crippen LogP contribution < -0.4 is 5.32 Å². The van der Waals surface area contributed by atoms with Gasteiger partial charge in [-0.3, -0.25) is 9.59 Å². The summed E-state index contributed by atoms with van der Waals surface area (Å²) in [5, 5.41) is 2.48. The molecule has 86 valence electrons. The normalized spacial score (nSPS) is 9.69. The van der Waals surface area contributed by atoms with E-state index >= 15 is 0 Å². The van der Waals surface area contributed by atoms with Crippen LogP contribution in [0.5, 0.6) is 0 Å². The summed E-state index contributed by atoms with van der Waals surface area (Å²) in [7, 11) is 1.28. The number of carbonyl (C=O) groups excluding carboxylic acids is 2. The molecule has 5 heteroatoms. The third-order valence-corrected chi connectivity index (χ3v) is 2.56. The smallest absolute Gasteiger partial charge is 0.325 e. The van der Waals surface area contributed by atoms with Crippen molar-refractivity contribution in [3.05, 3.63) is 33.8 Å². The van der Waals surface area contributed by atoms with E-state index in [9.17, 15) is 9.59 Å². The summed E-state index contributed by atoms with van der Waals surface area (Å²) in [5.41, 5.74) is 1.39. The Labute approximate surface area is 102 Å². The average Bonchev–Trinajstić information content (AvgIpc) is 2.28. The number of ether oxygens (including phenoxy) is 1. The maximum atomic E-state index is 11.7. The van der Waals surface area contributed by atoms with Gasteiger partial charge < -0.3 is 10.1 Å². The van der Waals surface area contributed by atoms with E-state index in [4.69, 9.17) is 0 Å². The van der Waals surface area contributed by atoms with Crippen molar-refractivity contribution in [3.8, 4) is 0 Å². The minimum atomic E-state index is -0.471. The predicted molar refractivity (Wildman–Crippen MR) is 63.2 cm³/mol. The van der Waals surface area contributed by atoms with E-state index in [0.29, 0.717) is 5.56 Å². The van der Waals surface area contributed by atoms with Crippen LogP contribution in [0, 0.1) is 6.92 Å². The molecule has 0 aliphatic carbocycles. The van der Waals surface area contributed by atoms with E-state index in [2.05, 4.69) is 26.0 Å². The van der Waals surface area contributed by atoms with Crippen LogP contribution in [0.1, 0.15) is 15.9 Å². The lowest BCUT2D eigenvalue weighted by Crippen LogP contribution is -2.30. The molecule has 0 saturated carbocycles. The fourth-order valence-electron chi connectivity index (χ4n) is 1.16. The van der Waals surface area contributed by atoms with Crippen LogP contribution in [0.4, 0.5) is 0 Å². The van der Waals surface area contributed by atoms with Crippen molar-refractivity contribution in [2.24, 2.45) is 0 Å². The molecule has 0 aliphatic heterocycles.